The number of aryl methyl sites for hydroxylation is 1. The fraction of sp³-hybridized carbons (Fsp3) is 0.150. The first kappa shape index (κ1) is 18.3. The van der Waals surface area contributed by atoms with E-state index in [1.807, 2.05) is 30.3 Å². The number of hydrogen-bond acceptors (Lipinski definition) is 3. The summed E-state index contributed by atoms with van der Waals surface area (Å²) in [5.41, 5.74) is 0.401. The molecule has 1 amide bonds. The zero-order valence-electron chi connectivity index (χ0n) is 14.7. The minimum atomic E-state index is -0.658. The summed E-state index contributed by atoms with van der Waals surface area (Å²) in [5, 5.41) is 2.39. The Labute approximate surface area is 154 Å². The molecule has 6 nitrogen and oxygen atoms in total. The van der Waals surface area contributed by atoms with Crippen molar-refractivity contribution in [3.05, 3.63) is 98.6 Å². The Kier molecular flexibility index (Phi) is 5.30. The van der Waals surface area contributed by atoms with E-state index in [0.717, 1.165) is 10.1 Å². The quantitative estimate of drug-likeness (QED) is 0.751. The van der Waals surface area contributed by atoms with Crippen molar-refractivity contribution >= 4 is 11.6 Å². The lowest BCUT2D eigenvalue weighted by molar-refractivity contribution is -0.116. The van der Waals surface area contributed by atoms with Crippen LogP contribution in [-0.4, -0.2) is 15.0 Å². The Hall–Kier alpha value is -3.48. The molecule has 0 aliphatic carbocycles. The molecule has 3 aromatic rings. The number of aromatic nitrogens is 2. The molecular formula is C20H18FN3O3. The minimum Gasteiger partial charge on any atom is -0.322 e. The van der Waals surface area contributed by atoms with Gasteiger partial charge in [0, 0.05) is 12.3 Å². The predicted molar refractivity (Wildman–Crippen MR) is 100 cm³/mol. The third-order valence-corrected chi connectivity index (χ3v) is 4.04. The molecule has 3 rings (SSSR count). The number of rotatable bonds is 5. The Morgan fingerprint density at radius 2 is 1.81 bits per heavy atom. The molecule has 138 valence electrons. The summed E-state index contributed by atoms with van der Waals surface area (Å²) in [6, 6.07) is 14.9. The predicted octanol–water partition coefficient (Wildman–Crippen LogP) is 2.14. The van der Waals surface area contributed by atoms with Gasteiger partial charge in [-0.05, 0) is 30.2 Å². The molecule has 1 aromatic heterocycles. The molecule has 0 bridgehead atoms. The van der Waals surface area contributed by atoms with Gasteiger partial charge < -0.3 is 5.32 Å². The van der Waals surface area contributed by atoms with Crippen molar-refractivity contribution in [2.45, 2.75) is 20.0 Å². The highest BCUT2D eigenvalue weighted by molar-refractivity contribution is 5.90. The standard InChI is InChI=1S/C20H18FN3O3/c1-14-7-8-17(16(21)11-14)22-18(25)13-24-19(26)9-10-23(20(24)27)12-15-5-3-2-4-6-15/h2-11H,12-13H2,1H3,(H,22,25). The minimum absolute atomic E-state index is 0.000749. The van der Waals surface area contributed by atoms with E-state index in [2.05, 4.69) is 5.32 Å². The van der Waals surface area contributed by atoms with Crippen LogP contribution in [0.4, 0.5) is 10.1 Å². The van der Waals surface area contributed by atoms with Gasteiger partial charge in [-0.2, -0.15) is 0 Å². The van der Waals surface area contributed by atoms with Gasteiger partial charge in [-0.3, -0.25) is 18.7 Å². The average molecular weight is 367 g/mol. The third kappa shape index (κ3) is 4.38. The molecule has 0 spiro atoms. The van der Waals surface area contributed by atoms with Gasteiger partial charge >= 0.3 is 5.69 Å². The second-order valence-electron chi connectivity index (χ2n) is 6.17. The zero-order valence-corrected chi connectivity index (χ0v) is 14.7. The van der Waals surface area contributed by atoms with Gasteiger partial charge in [0.25, 0.3) is 5.56 Å². The summed E-state index contributed by atoms with van der Waals surface area (Å²) >= 11 is 0. The first-order valence-electron chi connectivity index (χ1n) is 8.34. The van der Waals surface area contributed by atoms with Crippen LogP contribution in [0, 0.1) is 12.7 Å². The Morgan fingerprint density at radius 1 is 1.07 bits per heavy atom. The van der Waals surface area contributed by atoms with Crippen molar-refractivity contribution in [3.63, 3.8) is 0 Å². The first-order valence-corrected chi connectivity index (χ1v) is 8.34. The molecule has 0 fully saturated rings. The summed E-state index contributed by atoms with van der Waals surface area (Å²) in [6.07, 6.45) is 1.39. The monoisotopic (exact) mass is 367 g/mol. The van der Waals surface area contributed by atoms with E-state index < -0.39 is 29.5 Å². The molecule has 7 heteroatoms. The highest BCUT2D eigenvalue weighted by Crippen LogP contribution is 2.15. The fourth-order valence-corrected chi connectivity index (χ4v) is 2.66. The van der Waals surface area contributed by atoms with Crippen molar-refractivity contribution in [1.29, 1.82) is 0 Å². The van der Waals surface area contributed by atoms with Gasteiger partial charge in [0.1, 0.15) is 12.4 Å². The van der Waals surface area contributed by atoms with Gasteiger partial charge in [-0.25, -0.2) is 9.18 Å². The molecule has 0 atom stereocenters. The van der Waals surface area contributed by atoms with E-state index in [-0.39, 0.29) is 12.2 Å². The lowest BCUT2D eigenvalue weighted by atomic mass is 10.2. The van der Waals surface area contributed by atoms with E-state index in [4.69, 9.17) is 0 Å². The van der Waals surface area contributed by atoms with Crippen molar-refractivity contribution in [2.24, 2.45) is 0 Å². The maximum absolute atomic E-state index is 13.9. The molecule has 0 saturated heterocycles. The van der Waals surface area contributed by atoms with Gasteiger partial charge in [0.2, 0.25) is 5.91 Å². The first-order chi connectivity index (χ1) is 12.9. The van der Waals surface area contributed by atoms with Crippen LogP contribution in [0.25, 0.3) is 0 Å². The smallest absolute Gasteiger partial charge is 0.322 e. The molecule has 0 aliphatic rings. The van der Waals surface area contributed by atoms with Crippen LogP contribution in [0.5, 0.6) is 0 Å². The van der Waals surface area contributed by atoms with Crippen molar-refractivity contribution < 1.29 is 9.18 Å². The van der Waals surface area contributed by atoms with E-state index >= 15 is 0 Å². The Balaban J connectivity index is 1.81. The molecule has 1 heterocycles. The van der Waals surface area contributed by atoms with E-state index in [0.29, 0.717) is 5.56 Å². The number of hydrogen-bond donors (Lipinski definition) is 1. The summed E-state index contributed by atoms with van der Waals surface area (Å²) in [6.45, 7) is 1.50. The third-order valence-electron chi connectivity index (χ3n) is 4.04. The molecule has 0 saturated carbocycles. The number of carbonyl (C=O) groups is 1. The van der Waals surface area contributed by atoms with Gasteiger partial charge in [0.05, 0.1) is 12.2 Å². The molecular weight excluding hydrogens is 349 g/mol. The van der Waals surface area contributed by atoms with Crippen LogP contribution >= 0.6 is 0 Å². The number of nitrogens with zero attached hydrogens (tertiary/aromatic N) is 2. The van der Waals surface area contributed by atoms with Gasteiger partial charge in [0.15, 0.2) is 0 Å². The molecule has 0 aliphatic heterocycles. The maximum Gasteiger partial charge on any atom is 0.331 e. The van der Waals surface area contributed by atoms with Gasteiger partial charge in [-0.1, -0.05) is 36.4 Å². The molecule has 0 unspecified atom stereocenters. The van der Waals surface area contributed by atoms with Crippen molar-refractivity contribution in [3.8, 4) is 0 Å². The zero-order chi connectivity index (χ0) is 19.4. The summed E-state index contributed by atoms with van der Waals surface area (Å²) in [5.74, 6) is -1.24. The van der Waals surface area contributed by atoms with Crippen LogP contribution in [0.15, 0.2) is 70.4 Å². The number of halogens is 1. The second kappa shape index (κ2) is 7.82. The number of amides is 1. The van der Waals surface area contributed by atoms with Crippen LogP contribution in [-0.2, 0) is 17.9 Å². The number of carbonyl (C=O) groups excluding carboxylic acids is 1. The average Bonchev–Trinajstić information content (AvgIpc) is 2.64. The maximum atomic E-state index is 13.9. The number of benzene rings is 2. The van der Waals surface area contributed by atoms with Crippen LogP contribution in [0.3, 0.4) is 0 Å². The number of nitrogens with one attached hydrogen (secondary N) is 1. The van der Waals surface area contributed by atoms with Crippen LogP contribution in [0.2, 0.25) is 0 Å². The van der Waals surface area contributed by atoms with Crippen molar-refractivity contribution in [2.75, 3.05) is 5.32 Å². The normalized spacial score (nSPS) is 10.6. The fourth-order valence-electron chi connectivity index (χ4n) is 2.66. The Bertz CT molecular complexity index is 1090. The van der Waals surface area contributed by atoms with Gasteiger partial charge in [-0.15, -0.1) is 0 Å². The highest BCUT2D eigenvalue weighted by Gasteiger charge is 2.12. The molecule has 0 radical (unpaired) electrons. The summed E-state index contributed by atoms with van der Waals surface area (Å²) < 4.78 is 16.0. The van der Waals surface area contributed by atoms with Crippen LogP contribution in [0.1, 0.15) is 11.1 Å². The summed E-state index contributed by atoms with van der Waals surface area (Å²) in [7, 11) is 0. The van der Waals surface area contributed by atoms with E-state index in [1.54, 1.807) is 13.0 Å². The lowest BCUT2D eigenvalue weighted by Crippen LogP contribution is -2.41. The molecule has 2 aromatic carbocycles. The molecule has 27 heavy (non-hydrogen) atoms. The van der Waals surface area contributed by atoms with E-state index in [9.17, 15) is 18.8 Å². The lowest BCUT2D eigenvalue weighted by Gasteiger charge is -2.11. The largest absolute Gasteiger partial charge is 0.331 e. The Morgan fingerprint density at radius 3 is 2.52 bits per heavy atom. The van der Waals surface area contributed by atoms with E-state index in [1.165, 1.54) is 29.0 Å². The topological polar surface area (TPSA) is 73.1 Å². The molecule has 1 N–H and O–H groups in total. The SMILES string of the molecule is Cc1ccc(NC(=O)Cn2c(=O)ccn(Cc3ccccc3)c2=O)c(F)c1. The van der Waals surface area contributed by atoms with Crippen molar-refractivity contribution in [1.82, 2.24) is 9.13 Å². The second-order valence-corrected chi connectivity index (χ2v) is 6.17. The summed E-state index contributed by atoms with van der Waals surface area (Å²) in [4.78, 5) is 36.8. The number of anilines is 1. The van der Waals surface area contributed by atoms with Crippen LogP contribution < -0.4 is 16.6 Å². The highest BCUT2D eigenvalue weighted by atomic mass is 19.1.